The fraction of sp³-hybridized carbons (Fsp3) is 0. The minimum absolute atomic E-state index is 0.258. The fourth-order valence-electron chi connectivity index (χ4n) is 18.9. The summed E-state index contributed by atoms with van der Waals surface area (Å²) in [7, 11) is -7.13. The lowest BCUT2D eigenvalue weighted by Crippen LogP contribution is -2.78. The van der Waals surface area contributed by atoms with Crippen LogP contribution in [0.3, 0.4) is 0 Å². The predicted octanol–water partition coefficient (Wildman–Crippen LogP) is 19.9. The highest BCUT2D eigenvalue weighted by atomic mass is 28.3. The second kappa shape index (κ2) is 28.6. The first-order chi connectivity index (χ1) is 56.5. The van der Waals surface area contributed by atoms with Crippen molar-refractivity contribution in [1.82, 2.24) is 4.57 Å². The van der Waals surface area contributed by atoms with Gasteiger partial charge < -0.3 is 14.2 Å². The Labute approximate surface area is 668 Å². The third kappa shape index (κ3) is 11.5. The Hall–Kier alpha value is -14.1. The van der Waals surface area contributed by atoms with Gasteiger partial charge in [0.2, 0.25) is 0 Å². The van der Waals surface area contributed by atoms with Gasteiger partial charge in [0.15, 0.2) is 16.1 Å². The van der Waals surface area contributed by atoms with Crippen LogP contribution in [0.4, 0.5) is 17.1 Å². The van der Waals surface area contributed by atoms with Crippen LogP contribution in [0, 0.1) is 0 Å². The number of para-hydroxylation sites is 3. The molecule has 1 aromatic heterocycles. The SMILES string of the molecule is c1ccc(-c2cc(-c3ccccc3)cc(N3c4ccccc4B4c5cc(-c6cc([Si](c7ccccc7)(c7ccccc7)c7cccc(-c8ccccc8)c7)cc([Si](c7ccccc7)(c7ccccc7)c7cc(-c8ccccc8)ccc7-c7ccccc7)c6)ccc5Oc5cc(-n6c7ccccc7c7ccccc76)cc3c54)c2)cc1. The predicted molar refractivity (Wildman–Crippen MR) is 486 cm³/mol. The van der Waals surface area contributed by atoms with Gasteiger partial charge in [0.1, 0.15) is 11.5 Å². The van der Waals surface area contributed by atoms with E-state index in [1.54, 1.807) is 0 Å². The Morgan fingerprint density at radius 3 is 1.17 bits per heavy atom. The van der Waals surface area contributed by atoms with Crippen LogP contribution in [0.1, 0.15) is 0 Å². The van der Waals surface area contributed by atoms with Gasteiger partial charge in [-0.3, -0.25) is 0 Å². The van der Waals surface area contributed by atoms with Crippen LogP contribution >= 0.6 is 0 Å². The standard InChI is InChI=1S/C108H75BN2OSi2/c1-10-35-76(36-11-1)81-45-34-54-93(68-81)113(89-46-20-6-21-47-89,90-48-22-7-23-49-90)94-69-86(70-95(75-94)114(91-50-24-8-25-51-91,92-52-26-9-27-53-92)107-72-83(77-37-12-2-13-38-77)61-63-96(107)80-43-18-5-19-44-80)82-62-64-105-100(71-82)109-99-57-30-33-60-103(99)111(87-66-84(78-39-14-3-15-40-78)65-85(67-87)79-41-16-4-17-42-79)104-73-88(74-106(112-105)108(104)109)110-101-58-31-28-55-97(101)98-56-29-32-59-102(98)110/h1-75H. The van der Waals surface area contributed by atoms with Crippen molar-refractivity contribution in [2.45, 2.75) is 0 Å². The molecule has 0 amide bonds. The Morgan fingerprint density at radius 2 is 0.623 bits per heavy atom. The number of hydrogen-bond acceptors (Lipinski definition) is 2. The summed E-state index contributed by atoms with van der Waals surface area (Å²) < 4.78 is 10.2. The smallest absolute Gasteiger partial charge is 0.256 e. The molecule has 534 valence electrons. The number of aromatic nitrogens is 1. The maximum Gasteiger partial charge on any atom is 0.256 e. The van der Waals surface area contributed by atoms with Crippen LogP contribution in [-0.4, -0.2) is 27.4 Å². The summed E-state index contributed by atoms with van der Waals surface area (Å²) in [5, 5.41) is 12.7. The molecule has 0 N–H and O–H groups in total. The molecule has 0 atom stereocenters. The first-order valence-corrected chi connectivity index (χ1v) is 43.5. The molecule has 0 radical (unpaired) electrons. The van der Waals surface area contributed by atoms with Crippen LogP contribution in [0.5, 0.6) is 11.5 Å². The normalized spacial score (nSPS) is 12.2. The zero-order chi connectivity index (χ0) is 75.5. The van der Waals surface area contributed by atoms with E-state index in [0.717, 1.165) is 89.6 Å². The second-order valence-corrected chi connectivity index (χ2v) is 37.7. The number of anilines is 3. The quantitative estimate of drug-likeness (QED) is 0.0709. The number of fused-ring (bicyclic) bond motifs is 7. The van der Waals surface area contributed by atoms with Crippen molar-refractivity contribution in [2.24, 2.45) is 0 Å². The van der Waals surface area contributed by atoms with Gasteiger partial charge in [-0.2, -0.15) is 0 Å². The van der Waals surface area contributed by atoms with Gasteiger partial charge in [-0.05, 0) is 173 Å². The summed E-state index contributed by atoms with van der Waals surface area (Å²) >= 11 is 0. The van der Waals surface area contributed by atoms with Gasteiger partial charge in [-0.1, -0.05) is 400 Å². The van der Waals surface area contributed by atoms with E-state index in [2.05, 4.69) is 464 Å². The van der Waals surface area contributed by atoms with Crippen LogP contribution in [0.15, 0.2) is 455 Å². The number of benzene rings is 18. The Balaban J connectivity index is 0.869. The van der Waals surface area contributed by atoms with Crippen molar-refractivity contribution in [3.05, 3.63) is 455 Å². The Bertz CT molecular complexity index is 6620. The van der Waals surface area contributed by atoms with Gasteiger partial charge in [0.25, 0.3) is 6.71 Å². The average molecular weight is 1480 g/mol. The highest BCUT2D eigenvalue weighted by Gasteiger charge is 2.49. The van der Waals surface area contributed by atoms with Crippen molar-refractivity contribution in [3.63, 3.8) is 0 Å². The van der Waals surface area contributed by atoms with Crippen molar-refractivity contribution >= 4 is 120 Å². The van der Waals surface area contributed by atoms with E-state index < -0.39 is 16.1 Å². The summed E-state index contributed by atoms with van der Waals surface area (Å²) in [6, 6.07) is 172. The molecule has 18 aromatic carbocycles. The van der Waals surface area contributed by atoms with E-state index in [-0.39, 0.29) is 6.71 Å². The second-order valence-electron chi connectivity index (χ2n) is 30.1. The third-order valence-electron chi connectivity index (χ3n) is 23.9. The monoisotopic (exact) mass is 1480 g/mol. The molecule has 0 spiro atoms. The molecular weight excluding hydrogens is 1410 g/mol. The minimum atomic E-state index is -3.64. The highest BCUT2D eigenvalue weighted by Crippen LogP contribution is 2.46. The molecule has 21 rings (SSSR count). The number of rotatable bonds is 16. The molecule has 0 saturated heterocycles. The zero-order valence-corrected chi connectivity index (χ0v) is 64.7. The largest absolute Gasteiger partial charge is 0.458 e. The molecule has 0 fully saturated rings. The maximum atomic E-state index is 7.79. The lowest BCUT2D eigenvalue weighted by molar-refractivity contribution is 0.487. The van der Waals surface area contributed by atoms with Gasteiger partial charge in [0, 0.05) is 33.9 Å². The van der Waals surface area contributed by atoms with Crippen LogP contribution in [0.2, 0.25) is 0 Å². The summed E-state index contributed by atoms with van der Waals surface area (Å²) in [4.78, 5) is 2.53. The lowest BCUT2D eigenvalue weighted by atomic mass is 9.34. The molecule has 2 aliphatic heterocycles. The molecule has 2 aliphatic rings. The molecule has 114 heavy (non-hydrogen) atoms. The van der Waals surface area contributed by atoms with Crippen LogP contribution in [0.25, 0.3) is 94.3 Å². The van der Waals surface area contributed by atoms with Crippen LogP contribution in [-0.2, 0) is 0 Å². The van der Waals surface area contributed by atoms with Gasteiger partial charge in [0.05, 0.1) is 16.7 Å². The molecule has 0 saturated carbocycles. The fourth-order valence-corrected chi connectivity index (χ4v) is 28.9. The van der Waals surface area contributed by atoms with E-state index in [9.17, 15) is 0 Å². The molecule has 0 bridgehead atoms. The topological polar surface area (TPSA) is 17.4 Å². The number of hydrogen-bond donors (Lipinski definition) is 0. The van der Waals surface area contributed by atoms with Crippen molar-refractivity contribution in [2.75, 3.05) is 4.90 Å². The molecule has 3 heterocycles. The summed E-state index contributed by atoms with van der Waals surface area (Å²) in [6.07, 6.45) is 0. The van der Waals surface area contributed by atoms with Crippen molar-refractivity contribution < 1.29 is 4.74 Å². The lowest BCUT2D eigenvalue weighted by Gasteiger charge is -2.41. The first-order valence-electron chi connectivity index (χ1n) is 39.5. The number of nitrogens with zero attached hydrogens (tertiary/aromatic N) is 2. The summed E-state index contributed by atoms with van der Waals surface area (Å²) in [6.45, 7) is -0.258. The average Bonchev–Trinajstić information content (AvgIpc) is 0.930. The first kappa shape index (κ1) is 67.9. The Morgan fingerprint density at radius 1 is 0.219 bits per heavy atom. The van der Waals surface area contributed by atoms with Gasteiger partial charge in [-0.25, -0.2) is 0 Å². The molecular formula is C108H75BN2OSi2. The van der Waals surface area contributed by atoms with E-state index in [0.29, 0.717) is 0 Å². The van der Waals surface area contributed by atoms with E-state index in [1.807, 2.05) is 0 Å². The van der Waals surface area contributed by atoms with E-state index >= 15 is 0 Å². The Kier molecular flexibility index (Phi) is 17.1. The summed E-state index contributed by atoms with van der Waals surface area (Å²) in [5.41, 5.74) is 23.8. The van der Waals surface area contributed by atoms with Crippen molar-refractivity contribution in [1.29, 1.82) is 0 Å². The molecule has 19 aromatic rings. The molecule has 0 aliphatic carbocycles. The maximum absolute atomic E-state index is 7.79. The highest BCUT2D eigenvalue weighted by molar-refractivity contribution is 7.22. The molecule has 6 heteroatoms. The molecule has 3 nitrogen and oxygen atoms in total. The van der Waals surface area contributed by atoms with Gasteiger partial charge >= 0.3 is 0 Å². The minimum Gasteiger partial charge on any atom is -0.458 e. The number of ether oxygens (including phenoxy) is 1. The van der Waals surface area contributed by atoms with Gasteiger partial charge in [-0.15, -0.1) is 0 Å². The molecule has 0 unspecified atom stereocenters. The van der Waals surface area contributed by atoms with E-state index in [1.165, 1.54) is 91.1 Å². The van der Waals surface area contributed by atoms with Crippen molar-refractivity contribution in [3.8, 4) is 83.9 Å². The third-order valence-corrected chi connectivity index (χ3v) is 33.4. The zero-order valence-electron chi connectivity index (χ0n) is 62.7. The van der Waals surface area contributed by atoms with E-state index in [4.69, 9.17) is 4.74 Å². The van der Waals surface area contributed by atoms with Crippen LogP contribution < -0.4 is 67.5 Å². The summed E-state index contributed by atoms with van der Waals surface area (Å²) in [5.74, 6) is 1.66.